The fraction of sp³-hybridized carbons (Fsp3) is 0.400. The molecule has 0 amide bonds. The maximum absolute atomic E-state index is 5.22. The number of aryl methyl sites for hydroxylation is 3. The van der Waals surface area contributed by atoms with Gasteiger partial charge in [0.05, 0.1) is 18.8 Å². The van der Waals surface area contributed by atoms with Crippen LogP contribution in [0.4, 0.5) is 5.69 Å². The van der Waals surface area contributed by atoms with Crippen molar-refractivity contribution in [1.82, 2.24) is 9.78 Å². The number of rotatable bonds is 4. The molecule has 4 heteroatoms. The summed E-state index contributed by atoms with van der Waals surface area (Å²) in [5.74, 6) is 0.883. The van der Waals surface area contributed by atoms with E-state index < -0.39 is 0 Å². The Bertz CT molecular complexity index is 575. The molecule has 2 rings (SSSR count). The number of anilines is 1. The molecule has 1 heterocycles. The third kappa shape index (κ3) is 2.89. The minimum absolute atomic E-state index is 0.223. The molecule has 1 unspecified atom stereocenters. The summed E-state index contributed by atoms with van der Waals surface area (Å²) in [6.07, 6.45) is 2.06. The number of aromatic nitrogens is 2. The molecule has 0 aliphatic heterocycles. The number of hydrogen-bond donors (Lipinski definition) is 1. The Labute approximate surface area is 114 Å². The maximum atomic E-state index is 5.22. The molecule has 1 aromatic heterocycles. The van der Waals surface area contributed by atoms with Crippen molar-refractivity contribution in [3.63, 3.8) is 0 Å². The van der Waals surface area contributed by atoms with Crippen molar-refractivity contribution in [2.45, 2.75) is 26.8 Å². The van der Waals surface area contributed by atoms with Crippen molar-refractivity contribution in [2.75, 3.05) is 12.4 Å². The Morgan fingerprint density at radius 3 is 2.58 bits per heavy atom. The SMILES string of the molecule is COc1ccc(NC(C)c2cn(C)nc2C)c(C)c1. The number of benzene rings is 1. The number of methoxy groups -OCH3 is 1. The molecule has 0 fully saturated rings. The zero-order chi connectivity index (χ0) is 14.0. The van der Waals surface area contributed by atoms with Crippen LogP contribution in [0.25, 0.3) is 0 Å². The van der Waals surface area contributed by atoms with Crippen LogP contribution >= 0.6 is 0 Å². The molecular formula is C15H21N3O. The average Bonchev–Trinajstić information content (AvgIpc) is 2.71. The van der Waals surface area contributed by atoms with E-state index in [1.54, 1.807) is 7.11 Å². The van der Waals surface area contributed by atoms with Gasteiger partial charge in [-0.15, -0.1) is 0 Å². The monoisotopic (exact) mass is 259 g/mol. The fourth-order valence-corrected chi connectivity index (χ4v) is 2.28. The van der Waals surface area contributed by atoms with Gasteiger partial charge in [0.15, 0.2) is 0 Å². The third-order valence-electron chi connectivity index (χ3n) is 3.32. The lowest BCUT2D eigenvalue weighted by atomic mass is 10.1. The van der Waals surface area contributed by atoms with E-state index in [1.165, 1.54) is 11.1 Å². The smallest absolute Gasteiger partial charge is 0.119 e. The number of nitrogens with zero attached hydrogens (tertiary/aromatic N) is 2. The van der Waals surface area contributed by atoms with E-state index in [0.29, 0.717) is 0 Å². The van der Waals surface area contributed by atoms with Crippen LogP contribution in [0.15, 0.2) is 24.4 Å². The minimum Gasteiger partial charge on any atom is -0.497 e. The van der Waals surface area contributed by atoms with E-state index in [-0.39, 0.29) is 6.04 Å². The molecule has 0 spiro atoms. The molecule has 0 radical (unpaired) electrons. The molecule has 102 valence electrons. The van der Waals surface area contributed by atoms with Crippen LogP contribution in [0.3, 0.4) is 0 Å². The largest absolute Gasteiger partial charge is 0.497 e. The summed E-state index contributed by atoms with van der Waals surface area (Å²) in [5.41, 5.74) is 4.58. The molecule has 19 heavy (non-hydrogen) atoms. The minimum atomic E-state index is 0.223. The quantitative estimate of drug-likeness (QED) is 0.916. The van der Waals surface area contributed by atoms with E-state index in [1.807, 2.05) is 30.8 Å². The van der Waals surface area contributed by atoms with Crippen LogP contribution in [0.1, 0.15) is 29.8 Å². The predicted octanol–water partition coefficient (Wildman–Crippen LogP) is 3.22. The summed E-state index contributed by atoms with van der Waals surface area (Å²) in [6.45, 7) is 6.26. The average molecular weight is 259 g/mol. The van der Waals surface area contributed by atoms with Crippen LogP contribution in [-0.2, 0) is 7.05 Å². The summed E-state index contributed by atoms with van der Waals surface area (Å²) in [5, 5.41) is 7.90. The number of hydrogen-bond acceptors (Lipinski definition) is 3. The molecule has 4 nitrogen and oxygen atoms in total. The van der Waals surface area contributed by atoms with Gasteiger partial charge in [-0.25, -0.2) is 0 Å². The zero-order valence-electron chi connectivity index (χ0n) is 12.2. The topological polar surface area (TPSA) is 39.1 Å². The van der Waals surface area contributed by atoms with E-state index in [4.69, 9.17) is 4.74 Å². The summed E-state index contributed by atoms with van der Waals surface area (Å²) in [4.78, 5) is 0. The Kier molecular flexibility index (Phi) is 3.79. The maximum Gasteiger partial charge on any atom is 0.119 e. The zero-order valence-corrected chi connectivity index (χ0v) is 12.2. The van der Waals surface area contributed by atoms with Crippen molar-refractivity contribution >= 4 is 5.69 Å². The van der Waals surface area contributed by atoms with Gasteiger partial charge in [-0.3, -0.25) is 4.68 Å². The van der Waals surface area contributed by atoms with Gasteiger partial charge in [-0.05, 0) is 44.5 Å². The van der Waals surface area contributed by atoms with Gasteiger partial charge >= 0.3 is 0 Å². The second-order valence-electron chi connectivity index (χ2n) is 4.89. The highest BCUT2D eigenvalue weighted by molar-refractivity contribution is 5.54. The summed E-state index contributed by atoms with van der Waals surface area (Å²) in [7, 11) is 3.63. The Morgan fingerprint density at radius 2 is 2.05 bits per heavy atom. The first-order chi connectivity index (χ1) is 9.01. The first-order valence-electron chi connectivity index (χ1n) is 6.42. The Balaban J connectivity index is 2.19. The molecule has 0 saturated heterocycles. The lowest BCUT2D eigenvalue weighted by Crippen LogP contribution is -2.08. The van der Waals surface area contributed by atoms with E-state index in [2.05, 4.69) is 36.5 Å². The van der Waals surface area contributed by atoms with Crippen LogP contribution in [0.5, 0.6) is 5.75 Å². The lowest BCUT2D eigenvalue weighted by Gasteiger charge is -2.17. The molecule has 0 aliphatic rings. The van der Waals surface area contributed by atoms with Crippen molar-refractivity contribution in [3.05, 3.63) is 41.2 Å². The predicted molar refractivity (Wildman–Crippen MR) is 77.7 cm³/mol. The van der Waals surface area contributed by atoms with Crippen LogP contribution in [0, 0.1) is 13.8 Å². The Hall–Kier alpha value is -1.97. The molecule has 2 aromatic rings. The van der Waals surface area contributed by atoms with Gasteiger partial charge < -0.3 is 10.1 Å². The summed E-state index contributed by atoms with van der Waals surface area (Å²) in [6, 6.07) is 6.28. The van der Waals surface area contributed by atoms with Crippen molar-refractivity contribution in [1.29, 1.82) is 0 Å². The number of nitrogens with one attached hydrogen (secondary N) is 1. The molecule has 0 aliphatic carbocycles. The van der Waals surface area contributed by atoms with Crippen LogP contribution < -0.4 is 10.1 Å². The second-order valence-corrected chi connectivity index (χ2v) is 4.89. The van der Waals surface area contributed by atoms with Gasteiger partial charge in [-0.2, -0.15) is 5.10 Å². The first-order valence-corrected chi connectivity index (χ1v) is 6.42. The molecule has 1 atom stereocenters. The van der Waals surface area contributed by atoms with Gasteiger partial charge in [0.1, 0.15) is 5.75 Å². The summed E-state index contributed by atoms with van der Waals surface area (Å²) < 4.78 is 7.07. The van der Waals surface area contributed by atoms with Gasteiger partial charge in [0.25, 0.3) is 0 Å². The highest BCUT2D eigenvalue weighted by atomic mass is 16.5. The fourth-order valence-electron chi connectivity index (χ4n) is 2.28. The van der Waals surface area contributed by atoms with Gasteiger partial charge in [0.2, 0.25) is 0 Å². The number of ether oxygens (including phenoxy) is 1. The van der Waals surface area contributed by atoms with Crippen molar-refractivity contribution in [3.8, 4) is 5.75 Å². The van der Waals surface area contributed by atoms with E-state index in [9.17, 15) is 0 Å². The van der Waals surface area contributed by atoms with Crippen molar-refractivity contribution in [2.24, 2.45) is 7.05 Å². The standard InChI is InChI=1S/C15H21N3O/c1-10-8-13(19-5)6-7-15(10)16-11(2)14-9-18(4)17-12(14)3/h6-9,11,16H,1-5H3. The molecule has 1 N–H and O–H groups in total. The molecule has 0 saturated carbocycles. The van der Waals surface area contributed by atoms with Gasteiger partial charge in [-0.1, -0.05) is 0 Å². The highest BCUT2D eigenvalue weighted by Gasteiger charge is 2.12. The lowest BCUT2D eigenvalue weighted by molar-refractivity contribution is 0.414. The van der Waals surface area contributed by atoms with Crippen molar-refractivity contribution < 1.29 is 4.74 Å². The summed E-state index contributed by atoms with van der Waals surface area (Å²) >= 11 is 0. The van der Waals surface area contributed by atoms with Gasteiger partial charge in [0, 0.05) is 24.5 Å². The Morgan fingerprint density at radius 1 is 1.32 bits per heavy atom. The van der Waals surface area contributed by atoms with E-state index >= 15 is 0 Å². The van der Waals surface area contributed by atoms with Crippen LogP contribution in [0.2, 0.25) is 0 Å². The molecular weight excluding hydrogens is 238 g/mol. The highest BCUT2D eigenvalue weighted by Crippen LogP contribution is 2.26. The van der Waals surface area contributed by atoms with Crippen LogP contribution in [-0.4, -0.2) is 16.9 Å². The molecule has 1 aromatic carbocycles. The third-order valence-corrected chi connectivity index (χ3v) is 3.32. The molecule has 0 bridgehead atoms. The first kappa shape index (κ1) is 13.5. The van der Waals surface area contributed by atoms with E-state index in [0.717, 1.165) is 17.1 Å². The normalized spacial score (nSPS) is 12.3. The second kappa shape index (κ2) is 5.34.